The number of aryl methyl sites for hydroxylation is 1. The number of aromatic nitrogens is 2. The van der Waals surface area contributed by atoms with Crippen LogP contribution in [0.2, 0.25) is 0 Å². The standard InChI is InChI=1S/C20H34N4O3/c1-14(2)22-18(25)12-20(8-6-7-9-20)19(26)21-13-17-15(3)23-24(16(17)4)10-11-27-5/h14H,6-13H2,1-5H3,(H,21,26)(H,22,25). The monoisotopic (exact) mass is 378 g/mol. The lowest BCUT2D eigenvalue weighted by Crippen LogP contribution is -2.43. The molecule has 0 atom stereocenters. The number of carbonyl (C=O) groups is 2. The summed E-state index contributed by atoms with van der Waals surface area (Å²) in [6.07, 6.45) is 3.80. The predicted molar refractivity (Wildman–Crippen MR) is 104 cm³/mol. The van der Waals surface area contributed by atoms with E-state index in [1.165, 1.54) is 0 Å². The number of ether oxygens (including phenoxy) is 1. The molecule has 1 saturated carbocycles. The van der Waals surface area contributed by atoms with Gasteiger partial charge < -0.3 is 15.4 Å². The van der Waals surface area contributed by atoms with Crippen LogP contribution in [0.5, 0.6) is 0 Å². The Morgan fingerprint density at radius 3 is 2.52 bits per heavy atom. The average Bonchev–Trinajstić information content (AvgIpc) is 3.16. The van der Waals surface area contributed by atoms with Crippen LogP contribution in [0.1, 0.15) is 62.9 Å². The van der Waals surface area contributed by atoms with E-state index >= 15 is 0 Å². The number of hydrogen-bond donors (Lipinski definition) is 2. The van der Waals surface area contributed by atoms with Crippen LogP contribution >= 0.6 is 0 Å². The summed E-state index contributed by atoms with van der Waals surface area (Å²) in [5.41, 5.74) is 2.43. The summed E-state index contributed by atoms with van der Waals surface area (Å²) in [7, 11) is 1.67. The van der Waals surface area contributed by atoms with Crippen molar-refractivity contribution in [3.8, 4) is 0 Å². The lowest BCUT2D eigenvalue weighted by molar-refractivity contribution is -0.136. The lowest BCUT2D eigenvalue weighted by atomic mass is 9.81. The van der Waals surface area contributed by atoms with E-state index in [2.05, 4.69) is 15.7 Å². The first-order chi connectivity index (χ1) is 12.8. The highest BCUT2D eigenvalue weighted by Crippen LogP contribution is 2.41. The summed E-state index contributed by atoms with van der Waals surface area (Å²) in [4.78, 5) is 25.3. The Balaban J connectivity index is 2.04. The fraction of sp³-hybridized carbons (Fsp3) is 0.750. The molecular weight excluding hydrogens is 344 g/mol. The van der Waals surface area contributed by atoms with E-state index in [1.807, 2.05) is 32.4 Å². The fourth-order valence-corrected chi connectivity index (χ4v) is 3.96. The van der Waals surface area contributed by atoms with Crippen LogP contribution in [0.15, 0.2) is 0 Å². The first-order valence-electron chi connectivity index (χ1n) is 9.88. The van der Waals surface area contributed by atoms with Crippen LogP contribution in [-0.4, -0.2) is 41.4 Å². The fourth-order valence-electron chi connectivity index (χ4n) is 3.96. The van der Waals surface area contributed by atoms with Gasteiger partial charge in [0.1, 0.15) is 0 Å². The van der Waals surface area contributed by atoms with Crippen molar-refractivity contribution in [1.82, 2.24) is 20.4 Å². The van der Waals surface area contributed by atoms with E-state index in [0.29, 0.717) is 19.7 Å². The van der Waals surface area contributed by atoms with Gasteiger partial charge in [-0.2, -0.15) is 5.10 Å². The minimum absolute atomic E-state index is 0.0117. The van der Waals surface area contributed by atoms with Gasteiger partial charge in [0, 0.05) is 37.4 Å². The van der Waals surface area contributed by atoms with Crippen LogP contribution in [0, 0.1) is 19.3 Å². The van der Waals surface area contributed by atoms with Gasteiger partial charge in [0.2, 0.25) is 11.8 Å². The van der Waals surface area contributed by atoms with E-state index in [1.54, 1.807) is 7.11 Å². The van der Waals surface area contributed by atoms with Crippen molar-refractivity contribution in [2.45, 2.75) is 78.9 Å². The molecule has 1 aromatic rings. The number of amides is 2. The number of rotatable bonds is 9. The van der Waals surface area contributed by atoms with Gasteiger partial charge in [-0.05, 0) is 40.5 Å². The summed E-state index contributed by atoms with van der Waals surface area (Å²) in [5, 5.41) is 10.6. The van der Waals surface area contributed by atoms with E-state index in [-0.39, 0.29) is 24.3 Å². The van der Waals surface area contributed by atoms with Gasteiger partial charge in [0.05, 0.1) is 24.3 Å². The van der Waals surface area contributed by atoms with Crippen LogP contribution in [0.3, 0.4) is 0 Å². The maximum Gasteiger partial charge on any atom is 0.227 e. The third-order valence-electron chi connectivity index (χ3n) is 5.46. The second-order valence-electron chi connectivity index (χ2n) is 7.93. The number of nitrogens with one attached hydrogen (secondary N) is 2. The molecule has 0 bridgehead atoms. The Labute approximate surface area is 162 Å². The summed E-state index contributed by atoms with van der Waals surface area (Å²) in [6.45, 7) is 9.57. The maximum atomic E-state index is 13.0. The van der Waals surface area contributed by atoms with Gasteiger partial charge in [-0.15, -0.1) is 0 Å². The SMILES string of the molecule is COCCn1nc(C)c(CNC(=O)C2(CC(=O)NC(C)C)CCCC2)c1C. The van der Waals surface area contributed by atoms with E-state index < -0.39 is 5.41 Å². The number of methoxy groups -OCH3 is 1. The molecule has 152 valence electrons. The Morgan fingerprint density at radius 1 is 1.26 bits per heavy atom. The van der Waals surface area contributed by atoms with E-state index in [4.69, 9.17) is 4.74 Å². The molecule has 1 aliphatic rings. The first kappa shape index (κ1) is 21.4. The molecule has 0 aromatic carbocycles. The van der Waals surface area contributed by atoms with Gasteiger partial charge in [-0.1, -0.05) is 12.8 Å². The van der Waals surface area contributed by atoms with Crippen LogP contribution < -0.4 is 10.6 Å². The molecule has 1 heterocycles. The van der Waals surface area contributed by atoms with Crippen molar-refractivity contribution in [2.75, 3.05) is 13.7 Å². The molecule has 0 saturated heterocycles. The number of nitrogens with zero attached hydrogens (tertiary/aromatic N) is 2. The molecule has 1 aromatic heterocycles. The zero-order valence-corrected chi connectivity index (χ0v) is 17.4. The van der Waals surface area contributed by atoms with Crippen LogP contribution in [0.25, 0.3) is 0 Å². The molecule has 0 spiro atoms. The van der Waals surface area contributed by atoms with Gasteiger partial charge in [0.15, 0.2) is 0 Å². The average molecular weight is 379 g/mol. The highest BCUT2D eigenvalue weighted by Gasteiger charge is 2.42. The number of carbonyl (C=O) groups excluding carboxylic acids is 2. The molecule has 1 aliphatic carbocycles. The number of hydrogen-bond acceptors (Lipinski definition) is 4. The molecule has 0 aliphatic heterocycles. The predicted octanol–water partition coefficient (Wildman–Crippen LogP) is 2.24. The second kappa shape index (κ2) is 9.35. The second-order valence-corrected chi connectivity index (χ2v) is 7.93. The third-order valence-corrected chi connectivity index (χ3v) is 5.46. The van der Waals surface area contributed by atoms with Crippen molar-refractivity contribution in [3.63, 3.8) is 0 Å². The summed E-state index contributed by atoms with van der Waals surface area (Å²) in [6, 6.07) is 0.0854. The quantitative estimate of drug-likeness (QED) is 0.690. The summed E-state index contributed by atoms with van der Waals surface area (Å²) in [5.74, 6) is -0.0517. The zero-order chi connectivity index (χ0) is 20.0. The molecule has 2 amide bonds. The van der Waals surface area contributed by atoms with Gasteiger partial charge in [-0.25, -0.2) is 0 Å². The zero-order valence-electron chi connectivity index (χ0n) is 17.4. The molecule has 2 N–H and O–H groups in total. The smallest absolute Gasteiger partial charge is 0.227 e. The molecule has 7 heteroatoms. The normalized spacial score (nSPS) is 15.9. The van der Waals surface area contributed by atoms with E-state index in [9.17, 15) is 9.59 Å². The van der Waals surface area contributed by atoms with Crippen molar-refractivity contribution < 1.29 is 14.3 Å². The van der Waals surface area contributed by atoms with Gasteiger partial charge in [0.25, 0.3) is 0 Å². The minimum atomic E-state index is -0.577. The molecule has 0 unspecified atom stereocenters. The van der Waals surface area contributed by atoms with Crippen molar-refractivity contribution in [2.24, 2.45) is 5.41 Å². The lowest BCUT2D eigenvalue weighted by Gasteiger charge is -2.27. The minimum Gasteiger partial charge on any atom is -0.383 e. The Hall–Kier alpha value is -1.89. The molecule has 1 fully saturated rings. The van der Waals surface area contributed by atoms with Crippen molar-refractivity contribution >= 4 is 11.8 Å². The topological polar surface area (TPSA) is 85.2 Å². The Kier molecular flexibility index (Phi) is 7.41. The van der Waals surface area contributed by atoms with Crippen LogP contribution in [-0.2, 0) is 27.4 Å². The molecule has 7 nitrogen and oxygen atoms in total. The van der Waals surface area contributed by atoms with Gasteiger partial charge >= 0.3 is 0 Å². The highest BCUT2D eigenvalue weighted by atomic mass is 16.5. The van der Waals surface area contributed by atoms with Gasteiger partial charge in [-0.3, -0.25) is 14.3 Å². The molecule has 27 heavy (non-hydrogen) atoms. The molecular formula is C20H34N4O3. The van der Waals surface area contributed by atoms with Crippen LogP contribution in [0.4, 0.5) is 0 Å². The van der Waals surface area contributed by atoms with Crippen molar-refractivity contribution in [1.29, 1.82) is 0 Å². The third kappa shape index (κ3) is 5.31. The highest BCUT2D eigenvalue weighted by molar-refractivity contribution is 5.89. The first-order valence-corrected chi connectivity index (χ1v) is 9.88. The summed E-state index contributed by atoms with van der Waals surface area (Å²) < 4.78 is 7.04. The largest absolute Gasteiger partial charge is 0.383 e. The Morgan fingerprint density at radius 2 is 1.93 bits per heavy atom. The maximum absolute atomic E-state index is 13.0. The molecule has 0 radical (unpaired) electrons. The van der Waals surface area contributed by atoms with E-state index in [0.717, 1.165) is 42.6 Å². The summed E-state index contributed by atoms with van der Waals surface area (Å²) >= 11 is 0. The van der Waals surface area contributed by atoms with Crippen molar-refractivity contribution in [3.05, 3.63) is 17.0 Å². The molecule has 2 rings (SSSR count). The Bertz CT molecular complexity index is 660.